The molecule has 1 rings (SSSR count). The van der Waals surface area contributed by atoms with Crippen LogP contribution in [0.4, 0.5) is 0 Å². The highest BCUT2D eigenvalue weighted by atomic mass is 79.9. The topological polar surface area (TPSA) is 12.0 Å². The largest absolute Gasteiger partial charge is 0.321 e. The van der Waals surface area contributed by atoms with Crippen molar-refractivity contribution in [2.75, 3.05) is 0 Å². The van der Waals surface area contributed by atoms with Crippen LogP contribution in [0.3, 0.4) is 0 Å². The molecular formula is C34H77BrNSi8. The van der Waals surface area contributed by atoms with Crippen molar-refractivity contribution < 1.29 is 0 Å². The molecule has 0 fully saturated rings. The molecule has 257 valence electrons. The van der Waals surface area contributed by atoms with Crippen molar-refractivity contribution in [3.05, 3.63) is 28.8 Å². The van der Waals surface area contributed by atoms with E-state index in [1.54, 1.807) is 21.9 Å². The molecule has 0 amide bonds. The Morgan fingerprint density at radius 2 is 0.773 bits per heavy atom. The summed E-state index contributed by atoms with van der Waals surface area (Å²) in [6, 6.07) is 5.85. The van der Waals surface area contributed by atoms with Crippen LogP contribution in [0.5, 0.6) is 0 Å². The van der Waals surface area contributed by atoms with Crippen LogP contribution >= 0.6 is 15.3 Å². The molecule has 1 radical (unpaired) electrons. The molecule has 0 bridgehead atoms. The molecule has 0 atom stereocenters. The summed E-state index contributed by atoms with van der Waals surface area (Å²) in [4.78, 5) is 4.19. The van der Waals surface area contributed by atoms with E-state index in [4.69, 9.17) is 0 Å². The zero-order chi connectivity index (χ0) is 35.7. The Morgan fingerprint density at radius 1 is 0.523 bits per heavy atom. The Kier molecular flexibility index (Phi) is 13.1. The smallest absolute Gasteiger partial charge is 0.254 e. The second-order valence-corrected chi connectivity index (χ2v) is 65.9. The average molecular weight is 805 g/mol. The maximum Gasteiger partial charge on any atom is 0.254 e. The molecule has 0 spiro atoms. The van der Waals surface area contributed by atoms with Gasteiger partial charge in [-0.2, -0.15) is 0 Å². The summed E-state index contributed by atoms with van der Waals surface area (Å²) in [6.07, 6.45) is 0. The van der Waals surface area contributed by atoms with Gasteiger partial charge in [0.05, 0.1) is 0 Å². The Bertz CT molecular complexity index is 1020. The van der Waals surface area contributed by atoms with Crippen molar-refractivity contribution >= 4 is 84.6 Å². The van der Waals surface area contributed by atoms with Gasteiger partial charge in [-0.25, -0.2) is 0 Å². The minimum Gasteiger partial charge on any atom is -0.321 e. The van der Waals surface area contributed by atoms with Crippen molar-refractivity contribution in [1.82, 2.24) is 4.98 Å². The normalized spacial score (nSPS) is 15.6. The van der Waals surface area contributed by atoms with Gasteiger partial charge in [0.1, 0.15) is 0 Å². The van der Waals surface area contributed by atoms with Gasteiger partial charge in [0.25, 0.3) is 7.58 Å². The predicted octanol–water partition coefficient (Wildman–Crippen LogP) is 11.7. The van der Waals surface area contributed by atoms with Gasteiger partial charge in [0, 0.05) is 62.1 Å². The second kappa shape index (κ2) is 13.3. The fourth-order valence-corrected chi connectivity index (χ4v) is 72.1. The highest BCUT2D eigenvalue weighted by Crippen LogP contribution is 2.51. The number of hydrogen-bond donors (Lipinski definition) is 1. The molecule has 0 aliphatic rings. The van der Waals surface area contributed by atoms with E-state index >= 15 is 0 Å². The third kappa shape index (κ3) is 9.34. The van der Waals surface area contributed by atoms with E-state index in [0.717, 1.165) is 10.3 Å². The zero-order valence-corrected chi connectivity index (χ0v) is 43.8. The van der Waals surface area contributed by atoms with E-state index in [1.807, 2.05) is 0 Å². The standard InChI is InChI=1S/C34H77BrNSi8/c1-33(2,3)36-37(35)30-28(31(38(4,5)6)39(7,8)9)25-27(26-29(30)32(40(10,11)12)41(13,14)15)34(42(16,17)18,43(19,20)21)44(22,23)24/h25-26,31-32,36H,1-24H3. The van der Waals surface area contributed by atoms with Crippen LogP contribution in [0.15, 0.2) is 12.1 Å². The van der Waals surface area contributed by atoms with Crippen LogP contribution in [-0.2, 0) is 4.28 Å². The molecule has 0 aliphatic carbocycles. The molecule has 1 N–H and O–H groups in total. The highest BCUT2D eigenvalue weighted by molar-refractivity contribution is 9.25. The van der Waals surface area contributed by atoms with E-state index in [0.29, 0.717) is 4.28 Å². The van der Waals surface area contributed by atoms with Gasteiger partial charge in [-0.05, 0) is 57.3 Å². The van der Waals surface area contributed by atoms with Crippen LogP contribution < -0.4 is 10.2 Å². The first-order valence-corrected chi connectivity index (χ1v) is 45.9. The molecule has 44 heavy (non-hydrogen) atoms. The molecule has 10 heteroatoms. The van der Waals surface area contributed by atoms with Gasteiger partial charge in [-0.15, -0.1) is 0 Å². The van der Waals surface area contributed by atoms with Crippen LogP contribution in [0, 0.1) is 0 Å². The SMILES string of the molecule is CC(C)(C)N[Si](Br)c1c(C([Si](C)(C)C)[Si](C)(C)C)cc(C([Si](C)(C)C)([Si](C)(C)C)[Si](C)(C)C)cc1C([Si](C)(C)C)[Si](C)(C)C. The van der Waals surface area contributed by atoms with E-state index in [1.165, 1.54) is 0 Å². The lowest BCUT2D eigenvalue weighted by Gasteiger charge is -2.60. The summed E-state index contributed by atoms with van der Waals surface area (Å²) >= 11 is 4.50. The minimum atomic E-state index is -1.68. The maximum absolute atomic E-state index is 4.50. The molecule has 1 nitrogen and oxygen atoms in total. The van der Waals surface area contributed by atoms with Crippen LogP contribution in [-0.4, -0.2) is 69.6 Å². The fraction of sp³-hybridized carbons (Fsp3) is 0.824. The van der Waals surface area contributed by atoms with Gasteiger partial charge in [0.2, 0.25) is 0 Å². The lowest BCUT2D eigenvalue weighted by atomic mass is 10.1. The molecule has 0 saturated carbocycles. The van der Waals surface area contributed by atoms with Crippen molar-refractivity contribution in [2.24, 2.45) is 0 Å². The lowest BCUT2D eigenvalue weighted by Crippen LogP contribution is -2.74. The van der Waals surface area contributed by atoms with Gasteiger partial charge in [0.15, 0.2) is 0 Å². The van der Waals surface area contributed by atoms with E-state index in [-0.39, 0.29) is 5.54 Å². The van der Waals surface area contributed by atoms with Crippen LogP contribution in [0.1, 0.15) is 47.8 Å². The zero-order valence-electron chi connectivity index (χ0n) is 34.2. The summed E-state index contributed by atoms with van der Waals surface area (Å²) in [6.45, 7) is 63.9. The molecule has 0 aliphatic heterocycles. The molecule has 1 aromatic carbocycles. The summed E-state index contributed by atoms with van der Waals surface area (Å²) in [5.41, 5.74) is 5.44. The van der Waals surface area contributed by atoms with Crippen molar-refractivity contribution in [1.29, 1.82) is 0 Å². The molecule has 0 aromatic heterocycles. The first-order valence-electron chi connectivity index (χ1n) is 17.3. The van der Waals surface area contributed by atoms with E-state index in [2.05, 4.69) is 191 Å². The highest BCUT2D eigenvalue weighted by Gasteiger charge is 2.61. The van der Waals surface area contributed by atoms with Gasteiger partial charge < -0.3 is 4.98 Å². The predicted molar refractivity (Wildman–Crippen MR) is 234 cm³/mol. The van der Waals surface area contributed by atoms with Crippen molar-refractivity contribution in [3.63, 3.8) is 0 Å². The third-order valence-corrected chi connectivity index (χ3v) is 53.2. The number of nitrogens with one attached hydrogen (secondary N) is 1. The van der Waals surface area contributed by atoms with Gasteiger partial charge >= 0.3 is 0 Å². The number of benzene rings is 1. The van der Waals surface area contributed by atoms with Gasteiger partial charge in [-0.1, -0.05) is 165 Å². The monoisotopic (exact) mass is 802 g/mol. The van der Waals surface area contributed by atoms with E-state index < -0.39 is 64.1 Å². The van der Waals surface area contributed by atoms with Crippen LogP contribution in [0.2, 0.25) is 137 Å². The molecular weight excluding hydrogens is 727 g/mol. The quantitative estimate of drug-likeness (QED) is 0.164. The van der Waals surface area contributed by atoms with Gasteiger partial charge in [-0.3, -0.25) is 0 Å². The third-order valence-electron chi connectivity index (χ3n) is 9.80. The summed E-state index contributed by atoms with van der Waals surface area (Å²) in [5, 5.41) is 3.18. The Labute approximate surface area is 294 Å². The molecule has 0 heterocycles. The Balaban J connectivity index is 5.01. The first kappa shape index (κ1) is 43.4. The molecule has 0 unspecified atom stereocenters. The number of halogens is 1. The number of rotatable bonds is 12. The Hall–Kier alpha value is 1.40. The maximum atomic E-state index is 4.50. The summed E-state index contributed by atoms with van der Waals surface area (Å²) in [7, 11) is -12.6. The first-order chi connectivity index (χ1) is 18.8. The van der Waals surface area contributed by atoms with E-state index in [9.17, 15) is 0 Å². The fourth-order valence-electron chi connectivity index (χ4n) is 11.1. The second-order valence-electron chi connectivity index (χ2n) is 22.5. The van der Waals surface area contributed by atoms with Crippen LogP contribution in [0.25, 0.3) is 0 Å². The number of hydrogen-bond acceptors (Lipinski definition) is 1. The Morgan fingerprint density at radius 3 is 0.955 bits per heavy atom. The lowest BCUT2D eigenvalue weighted by molar-refractivity contribution is 0.524. The van der Waals surface area contributed by atoms with Crippen molar-refractivity contribution in [2.45, 2.75) is 178 Å². The average Bonchev–Trinajstić information content (AvgIpc) is 2.57. The summed E-state index contributed by atoms with van der Waals surface area (Å²) in [5.74, 6) is 0. The summed E-state index contributed by atoms with van der Waals surface area (Å²) < 4.78 is 0.374. The minimum absolute atomic E-state index is 0.0609. The molecule has 0 saturated heterocycles. The van der Waals surface area contributed by atoms with Crippen molar-refractivity contribution in [3.8, 4) is 0 Å². The molecule has 1 aromatic rings.